The summed E-state index contributed by atoms with van der Waals surface area (Å²) >= 11 is 6.17. The molecule has 2 saturated heterocycles. The van der Waals surface area contributed by atoms with E-state index in [1.54, 1.807) is 0 Å². The lowest BCUT2D eigenvalue weighted by molar-refractivity contribution is -0.127. The van der Waals surface area contributed by atoms with Gasteiger partial charge in [-0.3, -0.25) is 15.0 Å². The summed E-state index contributed by atoms with van der Waals surface area (Å²) in [6, 6.07) is 0.0806. The monoisotopic (exact) mass is 247 g/mol. The van der Waals surface area contributed by atoms with Crippen molar-refractivity contribution in [1.29, 1.82) is 0 Å². The van der Waals surface area contributed by atoms with Crippen LogP contribution < -0.4 is 10.6 Å². The highest BCUT2D eigenvalue weighted by molar-refractivity contribution is 6.20. The van der Waals surface area contributed by atoms with Gasteiger partial charge in [-0.25, -0.2) is 4.39 Å². The summed E-state index contributed by atoms with van der Waals surface area (Å²) in [4.78, 5) is 13.9. The first-order valence-electron chi connectivity index (χ1n) is 5.74. The Morgan fingerprint density at radius 1 is 1.44 bits per heavy atom. The maximum Gasteiger partial charge on any atom is 0.224 e. The second-order valence-electron chi connectivity index (χ2n) is 4.80. The zero-order chi connectivity index (χ0) is 11.3. The van der Waals surface area contributed by atoms with Gasteiger partial charge in [0.1, 0.15) is 11.8 Å². The zero-order valence-electron chi connectivity index (χ0n) is 8.83. The molecule has 1 amide bonds. The van der Waals surface area contributed by atoms with Crippen molar-refractivity contribution >= 4 is 17.5 Å². The highest BCUT2D eigenvalue weighted by atomic mass is 35.5. The smallest absolute Gasteiger partial charge is 0.224 e. The molecular weight excluding hydrogens is 233 g/mol. The van der Waals surface area contributed by atoms with Gasteiger partial charge in [0, 0.05) is 25.2 Å². The van der Waals surface area contributed by atoms with E-state index in [2.05, 4.69) is 15.5 Å². The average Bonchev–Trinajstić information content (AvgIpc) is 2.42. The molecule has 90 valence electrons. The number of halogens is 2. The van der Waals surface area contributed by atoms with E-state index in [9.17, 15) is 9.18 Å². The lowest BCUT2D eigenvalue weighted by Crippen LogP contribution is -2.50. The van der Waals surface area contributed by atoms with Gasteiger partial charge in [-0.15, -0.1) is 0 Å². The van der Waals surface area contributed by atoms with Gasteiger partial charge >= 0.3 is 0 Å². The summed E-state index contributed by atoms with van der Waals surface area (Å²) in [5.74, 6) is -0.278. The largest absolute Gasteiger partial charge is 0.355 e. The summed E-state index contributed by atoms with van der Waals surface area (Å²) in [5, 5.41) is 6.01. The van der Waals surface area contributed by atoms with Crippen LogP contribution in [0.2, 0.25) is 0 Å². The van der Waals surface area contributed by atoms with Gasteiger partial charge in [0.2, 0.25) is 5.91 Å². The molecule has 5 atom stereocenters. The van der Waals surface area contributed by atoms with Crippen molar-refractivity contribution in [3.8, 4) is 0 Å². The number of carbonyl (C=O) groups is 1. The van der Waals surface area contributed by atoms with Gasteiger partial charge in [0.15, 0.2) is 0 Å². The van der Waals surface area contributed by atoms with Crippen LogP contribution in [0.25, 0.3) is 0 Å². The number of nitrogens with zero attached hydrogens (tertiary/aromatic N) is 1. The zero-order valence-corrected chi connectivity index (χ0v) is 9.58. The quantitative estimate of drug-likeness (QED) is 0.469. The third-order valence-electron chi connectivity index (χ3n) is 3.88. The van der Waals surface area contributed by atoms with Crippen LogP contribution >= 0.6 is 11.6 Å². The number of amides is 1. The minimum absolute atomic E-state index is 0.0140. The molecule has 1 saturated carbocycles. The highest BCUT2D eigenvalue weighted by Gasteiger charge is 2.51. The minimum atomic E-state index is -0.897. The molecular formula is C10H15ClFN3O. The second-order valence-corrected chi connectivity index (χ2v) is 5.22. The van der Waals surface area contributed by atoms with Crippen molar-refractivity contribution < 1.29 is 9.18 Å². The van der Waals surface area contributed by atoms with Crippen LogP contribution in [-0.4, -0.2) is 47.8 Å². The van der Waals surface area contributed by atoms with Crippen molar-refractivity contribution in [2.24, 2.45) is 5.92 Å². The van der Waals surface area contributed by atoms with Crippen LogP contribution in [0.1, 0.15) is 12.8 Å². The van der Waals surface area contributed by atoms with Crippen molar-refractivity contribution in [3.63, 3.8) is 0 Å². The Balaban J connectivity index is 1.93. The van der Waals surface area contributed by atoms with Gasteiger partial charge in [-0.05, 0) is 12.8 Å². The topological polar surface area (TPSA) is 44.4 Å². The Hall–Kier alpha value is -0.390. The number of rotatable bonds is 0. The standard InChI is InChI=1S/C10H15ClFN3O/c11-10-14-7-4-5(12)3-6-8(7)15(10)2-1-13-9(6)16/h5-8,10,14H,1-4H2,(H,13,16). The summed E-state index contributed by atoms with van der Waals surface area (Å²) in [6.07, 6.45) is -0.102. The van der Waals surface area contributed by atoms with E-state index in [0.29, 0.717) is 19.4 Å². The molecule has 16 heavy (non-hydrogen) atoms. The Kier molecular flexibility index (Phi) is 2.57. The molecule has 2 heterocycles. The molecule has 0 aromatic heterocycles. The van der Waals surface area contributed by atoms with Crippen LogP contribution in [0.5, 0.6) is 0 Å². The number of alkyl halides is 2. The predicted molar refractivity (Wildman–Crippen MR) is 57.7 cm³/mol. The van der Waals surface area contributed by atoms with E-state index >= 15 is 0 Å². The lowest BCUT2D eigenvalue weighted by Gasteiger charge is -2.36. The third kappa shape index (κ3) is 1.53. The minimum Gasteiger partial charge on any atom is -0.355 e. The molecule has 6 heteroatoms. The summed E-state index contributed by atoms with van der Waals surface area (Å²) in [5.41, 5.74) is -0.268. The van der Waals surface area contributed by atoms with Gasteiger partial charge in [-0.1, -0.05) is 11.6 Å². The van der Waals surface area contributed by atoms with Crippen molar-refractivity contribution in [2.75, 3.05) is 13.1 Å². The molecule has 3 aliphatic rings. The Bertz CT molecular complexity index is 316. The fourth-order valence-electron chi connectivity index (χ4n) is 3.22. The molecule has 0 aromatic rings. The van der Waals surface area contributed by atoms with E-state index in [0.717, 1.165) is 6.54 Å². The molecule has 3 rings (SSSR count). The first kappa shape index (κ1) is 10.7. The van der Waals surface area contributed by atoms with E-state index < -0.39 is 6.17 Å². The first-order chi connectivity index (χ1) is 7.66. The van der Waals surface area contributed by atoms with Gasteiger partial charge in [0.25, 0.3) is 0 Å². The van der Waals surface area contributed by atoms with Crippen molar-refractivity contribution in [3.05, 3.63) is 0 Å². The van der Waals surface area contributed by atoms with Crippen molar-refractivity contribution in [2.45, 2.75) is 36.7 Å². The maximum absolute atomic E-state index is 13.6. The number of hydrogen-bond donors (Lipinski definition) is 2. The third-order valence-corrected chi connectivity index (χ3v) is 4.25. The highest BCUT2D eigenvalue weighted by Crippen LogP contribution is 2.37. The normalized spacial score (nSPS) is 48.4. The number of hydrogen-bond acceptors (Lipinski definition) is 3. The Labute approximate surface area is 98.5 Å². The summed E-state index contributed by atoms with van der Waals surface area (Å²) in [6.45, 7) is 1.34. The van der Waals surface area contributed by atoms with E-state index in [1.165, 1.54) is 0 Å². The molecule has 5 unspecified atom stereocenters. The van der Waals surface area contributed by atoms with E-state index in [-0.39, 0.29) is 29.5 Å². The fourth-order valence-corrected chi connectivity index (χ4v) is 3.61. The SMILES string of the molecule is O=C1NCCN2C(Cl)NC3CC(F)CC1C32. The van der Waals surface area contributed by atoms with Crippen LogP contribution in [0.15, 0.2) is 0 Å². The number of carbonyl (C=O) groups excluding carboxylic acids is 1. The lowest BCUT2D eigenvalue weighted by atomic mass is 9.80. The first-order valence-corrected chi connectivity index (χ1v) is 6.18. The Morgan fingerprint density at radius 2 is 2.25 bits per heavy atom. The van der Waals surface area contributed by atoms with Crippen LogP contribution in [-0.2, 0) is 4.79 Å². The van der Waals surface area contributed by atoms with E-state index in [4.69, 9.17) is 11.6 Å². The van der Waals surface area contributed by atoms with Crippen molar-refractivity contribution in [1.82, 2.24) is 15.5 Å². The number of nitrogens with one attached hydrogen (secondary N) is 2. The van der Waals surface area contributed by atoms with E-state index in [1.807, 2.05) is 0 Å². The fraction of sp³-hybridized carbons (Fsp3) is 0.900. The van der Waals surface area contributed by atoms with Crippen LogP contribution in [0.3, 0.4) is 0 Å². The van der Waals surface area contributed by atoms with Crippen LogP contribution in [0.4, 0.5) is 4.39 Å². The summed E-state index contributed by atoms with van der Waals surface area (Å²) in [7, 11) is 0. The molecule has 2 aliphatic heterocycles. The maximum atomic E-state index is 13.6. The molecule has 0 spiro atoms. The average molecular weight is 248 g/mol. The summed E-state index contributed by atoms with van der Waals surface area (Å²) < 4.78 is 13.6. The molecule has 0 radical (unpaired) electrons. The Morgan fingerprint density at radius 3 is 3.06 bits per heavy atom. The molecule has 4 nitrogen and oxygen atoms in total. The predicted octanol–water partition coefficient (Wildman–Crippen LogP) is 0.0291. The molecule has 3 fully saturated rings. The molecule has 2 N–H and O–H groups in total. The van der Waals surface area contributed by atoms with Gasteiger partial charge < -0.3 is 5.32 Å². The van der Waals surface area contributed by atoms with Gasteiger partial charge in [-0.2, -0.15) is 0 Å². The van der Waals surface area contributed by atoms with Crippen LogP contribution in [0, 0.1) is 5.92 Å². The molecule has 0 bridgehead atoms. The molecule has 1 aliphatic carbocycles. The second kappa shape index (κ2) is 3.82. The molecule has 0 aromatic carbocycles. The van der Waals surface area contributed by atoms with Gasteiger partial charge in [0.05, 0.1) is 5.92 Å².